The second-order valence-electron chi connectivity index (χ2n) is 7.25. The maximum absolute atomic E-state index is 11.7. The molecule has 3 heteroatoms. The Kier molecular flexibility index (Phi) is 1.86. The van der Waals surface area contributed by atoms with Crippen LogP contribution in [0.2, 0.25) is 0 Å². The maximum Gasteiger partial charge on any atom is 0.309 e. The Bertz CT molecular complexity index is 355. The van der Waals surface area contributed by atoms with Gasteiger partial charge in [0, 0.05) is 11.6 Å². The Balaban J connectivity index is 1.67. The summed E-state index contributed by atoms with van der Waals surface area (Å²) in [5.74, 6) is 0.839. The highest BCUT2D eigenvalue weighted by molar-refractivity contribution is 5.75. The van der Waals surface area contributed by atoms with Crippen LogP contribution in [0.3, 0.4) is 0 Å². The predicted molar refractivity (Wildman–Crippen MR) is 63.6 cm³/mol. The van der Waals surface area contributed by atoms with Crippen LogP contribution >= 0.6 is 0 Å². The van der Waals surface area contributed by atoms with E-state index in [1.54, 1.807) is 0 Å². The Labute approximate surface area is 102 Å². The van der Waals surface area contributed by atoms with Crippen molar-refractivity contribution in [3.63, 3.8) is 0 Å². The van der Waals surface area contributed by atoms with Gasteiger partial charge in [-0.25, -0.2) is 0 Å². The average Bonchev–Trinajstić information content (AvgIpc) is 2.98. The summed E-state index contributed by atoms with van der Waals surface area (Å²) in [4.78, 5) is 11.7. The third-order valence-corrected chi connectivity index (χ3v) is 5.60. The molecule has 3 nitrogen and oxygen atoms in total. The number of hydrogen-bond donors (Lipinski definition) is 2. The van der Waals surface area contributed by atoms with Gasteiger partial charge >= 0.3 is 5.97 Å². The second-order valence-corrected chi connectivity index (χ2v) is 7.25. The summed E-state index contributed by atoms with van der Waals surface area (Å²) in [6.45, 7) is 0. The summed E-state index contributed by atoms with van der Waals surface area (Å²) >= 11 is 0. The minimum absolute atomic E-state index is 0.198. The number of hydrogen-bond acceptors (Lipinski definition) is 2. The van der Waals surface area contributed by atoms with Gasteiger partial charge in [0.15, 0.2) is 0 Å². The Morgan fingerprint density at radius 2 is 1.76 bits per heavy atom. The molecule has 2 N–H and O–H groups in total. The molecule has 2 unspecified atom stereocenters. The average molecular weight is 235 g/mol. The molecule has 5 aliphatic rings. The number of aliphatic carboxylic acids is 1. The fourth-order valence-electron chi connectivity index (χ4n) is 5.34. The lowest BCUT2D eigenvalue weighted by molar-refractivity contribution is -0.168. The van der Waals surface area contributed by atoms with Crippen molar-refractivity contribution < 1.29 is 9.90 Å². The van der Waals surface area contributed by atoms with E-state index in [1.807, 2.05) is 0 Å². The second kappa shape index (κ2) is 3.05. The number of carboxylic acids is 1. The van der Waals surface area contributed by atoms with Gasteiger partial charge in [-0.05, 0) is 63.2 Å². The topological polar surface area (TPSA) is 49.3 Å². The van der Waals surface area contributed by atoms with Crippen LogP contribution in [0.5, 0.6) is 0 Å². The maximum atomic E-state index is 11.7. The molecule has 5 saturated carbocycles. The largest absolute Gasteiger partial charge is 0.481 e. The van der Waals surface area contributed by atoms with Crippen LogP contribution in [-0.2, 0) is 4.79 Å². The molecular formula is C14H21NO2. The normalized spacial score (nSPS) is 51.8. The first-order valence-corrected chi connectivity index (χ1v) is 7.10. The molecule has 0 heterocycles. The molecular weight excluding hydrogens is 214 g/mol. The summed E-state index contributed by atoms with van der Waals surface area (Å²) in [5, 5.41) is 13.4. The molecule has 5 aliphatic carbocycles. The van der Waals surface area contributed by atoms with Crippen molar-refractivity contribution in [3.05, 3.63) is 0 Å². The van der Waals surface area contributed by atoms with E-state index in [-0.39, 0.29) is 11.0 Å². The van der Waals surface area contributed by atoms with Crippen molar-refractivity contribution in [2.45, 2.75) is 62.9 Å². The highest BCUT2D eigenvalue weighted by atomic mass is 16.4. The minimum atomic E-state index is -0.520. The number of carbonyl (C=O) groups is 1. The molecule has 17 heavy (non-hydrogen) atoms. The summed E-state index contributed by atoms with van der Waals surface area (Å²) in [5.41, 5.74) is -0.171. The molecule has 0 amide bonds. The third-order valence-electron chi connectivity index (χ3n) is 5.60. The van der Waals surface area contributed by atoms with Gasteiger partial charge in [0.25, 0.3) is 0 Å². The van der Waals surface area contributed by atoms with E-state index < -0.39 is 5.97 Å². The van der Waals surface area contributed by atoms with Crippen LogP contribution in [0, 0.1) is 17.3 Å². The summed E-state index contributed by atoms with van der Waals surface area (Å²) in [7, 11) is 0. The molecule has 0 aromatic carbocycles. The van der Waals surface area contributed by atoms with Gasteiger partial charge in [0.1, 0.15) is 0 Å². The molecule has 5 fully saturated rings. The van der Waals surface area contributed by atoms with Crippen LogP contribution in [0.4, 0.5) is 0 Å². The highest BCUT2D eigenvalue weighted by Gasteiger charge is 2.61. The van der Waals surface area contributed by atoms with Crippen LogP contribution in [-0.4, -0.2) is 22.7 Å². The first-order chi connectivity index (χ1) is 8.09. The lowest BCUT2D eigenvalue weighted by atomic mass is 9.47. The van der Waals surface area contributed by atoms with Gasteiger partial charge in [0.2, 0.25) is 0 Å². The van der Waals surface area contributed by atoms with Gasteiger partial charge in [-0.15, -0.1) is 0 Å². The summed E-state index contributed by atoms with van der Waals surface area (Å²) in [6.07, 6.45) is 9.19. The zero-order valence-corrected chi connectivity index (χ0v) is 10.2. The molecule has 0 radical (unpaired) electrons. The zero-order valence-electron chi connectivity index (χ0n) is 10.2. The van der Waals surface area contributed by atoms with Crippen molar-refractivity contribution in [3.8, 4) is 0 Å². The minimum Gasteiger partial charge on any atom is -0.481 e. The van der Waals surface area contributed by atoms with Crippen molar-refractivity contribution in [1.82, 2.24) is 5.32 Å². The monoisotopic (exact) mass is 235 g/mol. The van der Waals surface area contributed by atoms with E-state index in [0.717, 1.165) is 19.3 Å². The van der Waals surface area contributed by atoms with E-state index in [9.17, 15) is 9.90 Å². The Morgan fingerprint density at radius 1 is 1.12 bits per heavy atom. The van der Waals surface area contributed by atoms with Gasteiger partial charge in [0.05, 0.1) is 5.41 Å². The molecule has 0 saturated heterocycles. The van der Waals surface area contributed by atoms with Crippen LogP contribution in [0.1, 0.15) is 51.4 Å². The van der Waals surface area contributed by atoms with E-state index in [0.29, 0.717) is 17.9 Å². The molecule has 4 bridgehead atoms. The van der Waals surface area contributed by atoms with Crippen molar-refractivity contribution >= 4 is 5.97 Å². The van der Waals surface area contributed by atoms with Gasteiger partial charge in [-0.1, -0.05) is 0 Å². The summed E-state index contributed by atoms with van der Waals surface area (Å²) < 4.78 is 0. The number of nitrogens with one attached hydrogen (secondary N) is 1. The number of rotatable bonds is 3. The van der Waals surface area contributed by atoms with Crippen molar-refractivity contribution in [2.75, 3.05) is 0 Å². The molecule has 0 aliphatic heterocycles. The smallest absolute Gasteiger partial charge is 0.309 e. The van der Waals surface area contributed by atoms with Crippen LogP contribution < -0.4 is 5.32 Å². The predicted octanol–water partition coefficient (Wildman–Crippen LogP) is 2.16. The summed E-state index contributed by atoms with van der Waals surface area (Å²) in [6, 6.07) is 0.706. The standard InChI is InChI=1S/C14H21NO2/c16-12(17)13-4-9-3-10(5-13)7-14(6-9,8-13)15-11-1-2-11/h9-11,15H,1-8H2,(H,16,17). The molecule has 0 aromatic rings. The number of carboxylic acid groups (broad SMARTS) is 1. The van der Waals surface area contributed by atoms with Crippen LogP contribution in [0.25, 0.3) is 0 Å². The Morgan fingerprint density at radius 3 is 2.29 bits per heavy atom. The van der Waals surface area contributed by atoms with Crippen molar-refractivity contribution in [2.24, 2.45) is 17.3 Å². The van der Waals surface area contributed by atoms with E-state index in [2.05, 4.69) is 5.32 Å². The Hall–Kier alpha value is -0.570. The fourth-order valence-corrected chi connectivity index (χ4v) is 5.34. The van der Waals surface area contributed by atoms with Gasteiger partial charge in [-0.3, -0.25) is 4.79 Å². The SMILES string of the molecule is O=C(O)C12CC3CC(CC(NC4CC4)(C3)C1)C2. The lowest BCUT2D eigenvalue weighted by Crippen LogP contribution is -2.64. The molecule has 0 aromatic heterocycles. The van der Waals surface area contributed by atoms with Crippen LogP contribution in [0.15, 0.2) is 0 Å². The fraction of sp³-hybridized carbons (Fsp3) is 0.929. The molecule has 2 atom stereocenters. The first-order valence-electron chi connectivity index (χ1n) is 7.10. The van der Waals surface area contributed by atoms with Crippen molar-refractivity contribution in [1.29, 1.82) is 0 Å². The molecule has 5 rings (SSSR count). The van der Waals surface area contributed by atoms with Gasteiger partial charge in [-0.2, -0.15) is 0 Å². The molecule has 0 spiro atoms. The molecule has 94 valence electrons. The third kappa shape index (κ3) is 1.48. The lowest BCUT2D eigenvalue weighted by Gasteiger charge is -2.60. The quantitative estimate of drug-likeness (QED) is 0.788. The van der Waals surface area contributed by atoms with E-state index >= 15 is 0 Å². The van der Waals surface area contributed by atoms with E-state index in [4.69, 9.17) is 0 Å². The van der Waals surface area contributed by atoms with E-state index in [1.165, 1.54) is 32.1 Å². The van der Waals surface area contributed by atoms with Gasteiger partial charge < -0.3 is 10.4 Å². The zero-order chi connectivity index (χ0) is 11.7. The first kappa shape index (κ1) is 10.4. The highest BCUT2D eigenvalue weighted by Crippen LogP contribution is 2.62.